The maximum absolute atomic E-state index is 12.7. The third kappa shape index (κ3) is 3.01. The highest BCUT2D eigenvalue weighted by atomic mass is 19.3. The van der Waals surface area contributed by atoms with Gasteiger partial charge >= 0.3 is 5.97 Å². The molecular formula is C12H9F2N3O2. The van der Waals surface area contributed by atoms with Crippen LogP contribution in [0.2, 0.25) is 0 Å². The van der Waals surface area contributed by atoms with Gasteiger partial charge in [-0.3, -0.25) is 4.98 Å². The molecule has 19 heavy (non-hydrogen) atoms. The fourth-order valence-corrected chi connectivity index (χ4v) is 1.43. The van der Waals surface area contributed by atoms with Gasteiger partial charge in [0.2, 0.25) is 0 Å². The minimum absolute atomic E-state index is 0.0193. The summed E-state index contributed by atoms with van der Waals surface area (Å²) in [5.41, 5.74) is -0.231. The van der Waals surface area contributed by atoms with Crippen molar-refractivity contribution in [3.63, 3.8) is 0 Å². The van der Waals surface area contributed by atoms with Crippen LogP contribution in [-0.4, -0.2) is 21.0 Å². The second-order valence-corrected chi connectivity index (χ2v) is 3.60. The Morgan fingerprint density at radius 3 is 2.63 bits per heavy atom. The first-order valence-electron chi connectivity index (χ1n) is 5.27. The molecule has 0 aliphatic heterocycles. The summed E-state index contributed by atoms with van der Waals surface area (Å²) in [4.78, 5) is 18.1. The van der Waals surface area contributed by atoms with Crippen molar-refractivity contribution in [2.75, 3.05) is 5.32 Å². The van der Waals surface area contributed by atoms with E-state index in [4.69, 9.17) is 5.11 Å². The molecule has 0 bridgehead atoms. The minimum Gasteiger partial charge on any atom is -0.478 e. The van der Waals surface area contributed by atoms with Gasteiger partial charge in [-0.05, 0) is 24.3 Å². The quantitative estimate of drug-likeness (QED) is 0.889. The van der Waals surface area contributed by atoms with Crippen LogP contribution >= 0.6 is 0 Å². The van der Waals surface area contributed by atoms with Crippen molar-refractivity contribution in [1.29, 1.82) is 0 Å². The van der Waals surface area contributed by atoms with Gasteiger partial charge in [-0.2, -0.15) is 0 Å². The lowest BCUT2D eigenvalue weighted by molar-refractivity contribution is 0.0696. The van der Waals surface area contributed by atoms with E-state index in [1.54, 1.807) is 0 Å². The Hall–Kier alpha value is -2.57. The van der Waals surface area contributed by atoms with Gasteiger partial charge in [0.25, 0.3) is 6.43 Å². The molecule has 0 amide bonds. The van der Waals surface area contributed by atoms with Crippen LogP contribution in [0.3, 0.4) is 0 Å². The zero-order chi connectivity index (χ0) is 13.8. The normalized spacial score (nSPS) is 10.5. The number of carboxylic acid groups (broad SMARTS) is 1. The molecule has 0 radical (unpaired) electrons. The summed E-state index contributed by atoms with van der Waals surface area (Å²) in [6.07, 6.45) is -0.293. The molecule has 0 saturated heterocycles. The maximum atomic E-state index is 12.7. The molecule has 2 heterocycles. The zero-order valence-electron chi connectivity index (χ0n) is 9.55. The Balaban J connectivity index is 2.24. The van der Waals surface area contributed by atoms with Gasteiger partial charge in [0.05, 0.1) is 11.3 Å². The van der Waals surface area contributed by atoms with E-state index in [2.05, 4.69) is 15.3 Å². The molecular weight excluding hydrogens is 256 g/mol. The first-order valence-corrected chi connectivity index (χ1v) is 5.27. The summed E-state index contributed by atoms with van der Waals surface area (Å²) in [6, 6.07) is 5.68. The van der Waals surface area contributed by atoms with Gasteiger partial charge in [0.15, 0.2) is 0 Å². The summed E-state index contributed by atoms with van der Waals surface area (Å²) >= 11 is 0. The summed E-state index contributed by atoms with van der Waals surface area (Å²) < 4.78 is 25.4. The van der Waals surface area contributed by atoms with E-state index in [1.165, 1.54) is 30.5 Å². The number of aromatic carboxylic acids is 1. The minimum atomic E-state index is -2.71. The molecule has 2 aromatic rings. The van der Waals surface area contributed by atoms with Crippen LogP contribution in [0.1, 0.15) is 22.5 Å². The number of pyridine rings is 2. The van der Waals surface area contributed by atoms with E-state index >= 15 is 0 Å². The molecule has 0 aliphatic carbocycles. The van der Waals surface area contributed by atoms with E-state index in [0.29, 0.717) is 0 Å². The van der Waals surface area contributed by atoms with E-state index < -0.39 is 12.4 Å². The van der Waals surface area contributed by atoms with E-state index in [1.807, 2.05) is 0 Å². The van der Waals surface area contributed by atoms with E-state index in [9.17, 15) is 13.6 Å². The number of carbonyl (C=O) groups is 1. The zero-order valence-corrected chi connectivity index (χ0v) is 9.55. The first kappa shape index (κ1) is 12.9. The molecule has 2 N–H and O–H groups in total. The van der Waals surface area contributed by atoms with Gasteiger partial charge in [-0.1, -0.05) is 0 Å². The molecule has 2 aromatic heterocycles. The number of nitrogens with zero attached hydrogens (tertiary/aromatic N) is 2. The molecule has 0 saturated carbocycles. The van der Waals surface area contributed by atoms with Crippen LogP contribution in [-0.2, 0) is 0 Å². The van der Waals surface area contributed by atoms with Crippen molar-refractivity contribution >= 4 is 17.5 Å². The maximum Gasteiger partial charge on any atom is 0.337 e. The SMILES string of the molecule is O=C(O)c1ccc(Nc2cccnc2C(F)F)nc1. The topological polar surface area (TPSA) is 75.1 Å². The van der Waals surface area contributed by atoms with Crippen molar-refractivity contribution in [1.82, 2.24) is 9.97 Å². The van der Waals surface area contributed by atoms with Crippen LogP contribution in [0.25, 0.3) is 0 Å². The number of hydrogen-bond acceptors (Lipinski definition) is 4. The summed E-state index contributed by atoms with van der Waals surface area (Å²) in [5.74, 6) is -0.839. The van der Waals surface area contributed by atoms with Gasteiger partial charge in [0.1, 0.15) is 11.5 Å². The number of hydrogen-bond donors (Lipinski definition) is 2. The molecule has 0 spiro atoms. The predicted molar refractivity (Wildman–Crippen MR) is 63.7 cm³/mol. The Morgan fingerprint density at radius 2 is 2.05 bits per heavy atom. The van der Waals surface area contributed by atoms with E-state index in [-0.39, 0.29) is 22.8 Å². The van der Waals surface area contributed by atoms with Crippen LogP contribution in [0.4, 0.5) is 20.3 Å². The molecule has 0 aliphatic rings. The standard InChI is InChI=1S/C12H9F2N3O2/c13-11(14)10-8(2-1-5-15-10)17-9-4-3-7(6-16-9)12(18)19/h1-6,11H,(H,16,17)(H,18,19). The highest BCUT2D eigenvalue weighted by Crippen LogP contribution is 2.26. The van der Waals surface area contributed by atoms with Crippen LogP contribution in [0, 0.1) is 0 Å². The van der Waals surface area contributed by atoms with Crippen molar-refractivity contribution in [2.45, 2.75) is 6.43 Å². The second-order valence-electron chi connectivity index (χ2n) is 3.60. The molecule has 2 rings (SSSR count). The average Bonchev–Trinajstić information content (AvgIpc) is 2.39. The van der Waals surface area contributed by atoms with Crippen molar-refractivity contribution in [3.8, 4) is 0 Å². The largest absolute Gasteiger partial charge is 0.478 e. The fraction of sp³-hybridized carbons (Fsp3) is 0.0833. The third-order valence-electron chi connectivity index (χ3n) is 2.32. The second kappa shape index (κ2) is 5.38. The molecule has 5 nitrogen and oxygen atoms in total. The number of halogens is 2. The van der Waals surface area contributed by atoms with Crippen molar-refractivity contribution in [3.05, 3.63) is 47.9 Å². The number of alkyl halides is 2. The number of aromatic nitrogens is 2. The highest BCUT2D eigenvalue weighted by Gasteiger charge is 2.14. The number of rotatable bonds is 4. The van der Waals surface area contributed by atoms with Gasteiger partial charge in [0, 0.05) is 12.4 Å². The summed E-state index contributed by atoms with van der Waals surface area (Å²) in [6.45, 7) is 0. The fourth-order valence-electron chi connectivity index (χ4n) is 1.43. The molecule has 0 unspecified atom stereocenters. The molecule has 0 fully saturated rings. The summed E-state index contributed by atoms with van der Waals surface area (Å²) in [5, 5.41) is 11.4. The lowest BCUT2D eigenvalue weighted by Crippen LogP contribution is -2.02. The monoisotopic (exact) mass is 265 g/mol. The molecule has 7 heteroatoms. The Bertz CT molecular complexity index is 588. The Labute approximate surface area is 106 Å². The Kier molecular flexibility index (Phi) is 3.65. The van der Waals surface area contributed by atoms with Crippen molar-refractivity contribution in [2.24, 2.45) is 0 Å². The van der Waals surface area contributed by atoms with Gasteiger partial charge in [-0.15, -0.1) is 0 Å². The number of anilines is 2. The lowest BCUT2D eigenvalue weighted by atomic mass is 10.2. The number of carboxylic acids is 1. The van der Waals surface area contributed by atoms with Gasteiger partial charge < -0.3 is 10.4 Å². The molecule has 0 atom stereocenters. The molecule has 98 valence electrons. The lowest BCUT2D eigenvalue weighted by Gasteiger charge is -2.09. The van der Waals surface area contributed by atoms with Gasteiger partial charge in [-0.25, -0.2) is 18.6 Å². The predicted octanol–water partition coefficient (Wildman–Crippen LogP) is 2.86. The first-order chi connectivity index (χ1) is 9.08. The van der Waals surface area contributed by atoms with E-state index in [0.717, 1.165) is 6.20 Å². The third-order valence-corrected chi connectivity index (χ3v) is 2.32. The smallest absolute Gasteiger partial charge is 0.337 e. The van der Waals surface area contributed by atoms with Crippen LogP contribution in [0.15, 0.2) is 36.7 Å². The highest BCUT2D eigenvalue weighted by molar-refractivity contribution is 5.87. The van der Waals surface area contributed by atoms with Crippen LogP contribution < -0.4 is 5.32 Å². The van der Waals surface area contributed by atoms with Crippen molar-refractivity contribution < 1.29 is 18.7 Å². The molecule has 0 aromatic carbocycles. The Morgan fingerprint density at radius 1 is 1.26 bits per heavy atom. The van der Waals surface area contributed by atoms with Crippen LogP contribution in [0.5, 0.6) is 0 Å². The summed E-state index contributed by atoms with van der Waals surface area (Å²) in [7, 11) is 0. The number of nitrogens with one attached hydrogen (secondary N) is 1. The average molecular weight is 265 g/mol.